The molecular weight excluding hydrogens is 254 g/mol. The summed E-state index contributed by atoms with van der Waals surface area (Å²) >= 11 is 0. The molecule has 20 heavy (non-hydrogen) atoms. The maximum absolute atomic E-state index is 11.2. The standard InChI is InChI=1S/C14H17N5O/c20-13-7-11(17-9-18-13)8-16-14-15-6-5-12(19-14)10-3-1-2-4-10/h5-7,9-10H,1-4,8H2,(H,15,16,19)(H,17,18,20). The van der Waals surface area contributed by atoms with Crippen LogP contribution in [0.1, 0.15) is 43.0 Å². The lowest BCUT2D eigenvalue weighted by atomic mass is 10.0. The average molecular weight is 271 g/mol. The fourth-order valence-corrected chi connectivity index (χ4v) is 2.58. The third kappa shape index (κ3) is 3.01. The second kappa shape index (κ2) is 5.81. The number of aromatic nitrogens is 4. The van der Waals surface area contributed by atoms with Crippen LogP contribution in [0.4, 0.5) is 5.95 Å². The first-order valence-electron chi connectivity index (χ1n) is 6.92. The van der Waals surface area contributed by atoms with E-state index >= 15 is 0 Å². The molecule has 6 heteroatoms. The summed E-state index contributed by atoms with van der Waals surface area (Å²) in [5.41, 5.74) is 1.62. The Kier molecular flexibility index (Phi) is 3.71. The van der Waals surface area contributed by atoms with Gasteiger partial charge in [0.2, 0.25) is 5.95 Å². The summed E-state index contributed by atoms with van der Waals surface area (Å²) < 4.78 is 0. The van der Waals surface area contributed by atoms with E-state index in [0.717, 1.165) is 5.69 Å². The molecule has 0 atom stereocenters. The van der Waals surface area contributed by atoms with Gasteiger partial charge in [0.1, 0.15) is 0 Å². The van der Waals surface area contributed by atoms with Crippen LogP contribution in [0.5, 0.6) is 0 Å². The van der Waals surface area contributed by atoms with Crippen molar-refractivity contribution in [2.45, 2.75) is 38.1 Å². The number of rotatable bonds is 4. The molecule has 2 heterocycles. The first-order valence-corrected chi connectivity index (χ1v) is 6.92. The fraction of sp³-hybridized carbons (Fsp3) is 0.429. The Morgan fingerprint density at radius 2 is 2.15 bits per heavy atom. The van der Waals surface area contributed by atoms with Crippen LogP contribution < -0.4 is 10.9 Å². The van der Waals surface area contributed by atoms with Crippen molar-refractivity contribution in [1.82, 2.24) is 19.9 Å². The summed E-state index contributed by atoms with van der Waals surface area (Å²) in [6, 6.07) is 3.46. The monoisotopic (exact) mass is 271 g/mol. The molecule has 2 aromatic heterocycles. The second-order valence-electron chi connectivity index (χ2n) is 5.04. The van der Waals surface area contributed by atoms with E-state index in [4.69, 9.17) is 0 Å². The lowest BCUT2D eigenvalue weighted by molar-refractivity contribution is 0.694. The minimum absolute atomic E-state index is 0.155. The zero-order valence-electron chi connectivity index (χ0n) is 11.2. The van der Waals surface area contributed by atoms with Gasteiger partial charge in [-0.2, -0.15) is 0 Å². The molecule has 3 rings (SSSR count). The van der Waals surface area contributed by atoms with Crippen molar-refractivity contribution in [2.24, 2.45) is 0 Å². The Balaban J connectivity index is 1.68. The quantitative estimate of drug-likeness (QED) is 0.886. The number of hydrogen-bond acceptors (Lipinski definition) is 5. The molecule has 1 saturated carbocycles. The largest absolute Gasteiger partial charge is 0.349 e. The highest BCUT2D eigenvalue weighted by molar-refractivity contribution is 5.27. The first-order chi connectivity index (χ1) is 9.81. The SMILES string of the molecule is O=c1cc(CNc2nccc(C3CCCC3)n2)nc[nH]1. The Labute approximate surface area is 116 Å². The summed E-state index contributed by atoms with van der Waals surface area (Å²) in [6.07, 6.45) is 8.18. The summed E-state index contributed by atoms with van der Waals surface area (Å²) in [5, 5.41) is 3.11. The Morgan fingerprint density at radius 3 is 2.95 bits per heavy atom. The van der Waals surface area contributed by atoms with Crippen LogP contribution in [-0.2, 0) is 6.54 Å². The van der Waals surface area contributed by atoms with E-state index in [1.807, 2.05) is 6.07 Å². The van der Waals surface area contributed by atoms with Gasteiger partial charge in [-0.15, -0.1) is 0 Å². The van der Waals surface area contributed by atoms with Crippen molar-refractivity contribution in [3.05, 3.63) is 46.4 Å². The van der Waals surface area contributed by atoms with Gasteiger partial charge in [0.25, 0.3) is 5.56 Å². The van der Waals surface area contributed by atoms with Gasteiger partial charge < -0.3 is 10.3 Å². The smallest absolute Gasteiger partial charge is 0.250 e. The zero-order valence-corrected chi connectivity index (χ0v) is 11.2. The predicted octanol–water partition coefficient (Wildman–Crippen LogP) is 1.83. The van der Waals surface area contributed by atoms with Gasteiger partial charge in [-0.25, -0.2) is 15.0 Å². The van der Waals surface area contributed by atoms with Crippen LogP contribution in [0.2, 0.25) is 0 Å². The van der Waals surface area contributed by atoms with Crippen LogP contribution in [0.3, 0.4) is 0 Å². The molecule has 0 spiro atoms. The lowest BCUT2D eigenvalue weighted by Crippen LogP contribution is -2.11. The van der Waals surface area contributed by atoms with Gasteiger partial charge in [0.15, 0.2) is 0 Å². The molecule has 6 nitrogen and oxygen atoms in total. The number of H-pyrrole nitrogens is 1. The summed E-state index contributed by atoms with van der Waals surface area (Å²) in [6.45, 7) is 0.443. The summed E-state index contributed by atoms with van der Waals surface area (Å²) in [4.78, 5) is 26.5. The van der Waals surface area contributed by atoms with E-state index in [1.54, 1.807) is 6.20 Å². The molecule has 104 valence electrons. The van der Waals surface area contributed by atoms with Crippen LogP contribution in [0.25, 0.3) is 0 Å². The van der Waals surface area contributed by atoms with E-state index in [2.05, 4.69) is 25.3 Å². The van der Waals surface area contributed by atoms with Gasteiger partial charge in [0.05, 0.1) is 18.6 Å². The predicted molar refractivity (Wildman–Crippen MR) is 75.4 cm³/mol. The highest BCUT2D eigenvalue weighted by atomic mass is 16.1. The third-order valence-corrected chi connectivity index (χ3v) is 3.61. The van der Waals surface area contributed by atoms with Gasteiger partial charge in [-0.1, -0.05) is 12.8 Å². The van der Waals surface area contributed by atoms with Gasteiger partial charge in [-0.3, -0.25) is 4.79 Å². The fourth-order valence-electron chi connectivity index (χ4n) is 2.58. The molecule has 2 aromatic rings. The number of hydrogen-bond donors (Lipinski definition) is 2. The van der Waals surface area contributed by atoms with Crippen molar-refractivity contribution >= 4 is 5.95 Å². The number of anilines is 1. The molecule has 0 amide bonds. The topological polar surface area (TPSA) is 83.6 Å². The molecule has 2 N–H and O–H groups in total. The molecule has 1 aliphatic rings. The highest BCUT2D eigenvalue weighted by Gasteiger charge is 2.18. The Morgan fingerprint density at radius 1 is 1.30 bits per heavy atom. The van der Waals surface area contributed by atoms with Crippen LogP contribution in [0.15, 0.2) is 29.5 Å². The van der Waals surface area contributed by atoms with Crippen molar-refractivity contribution in [3.8, 4) is 0 Å². The van der Waals surface area contributed by atoms with Crippen molar-refractivity contribution in [3.63, 3.8) is 0 Å². The normalized spacial score (nSPS) is 15.4. The van der Waals surface area contributed by atoms with Gasteiger partial charge >= 0.3 is 0 Å². The van der Waals surface area contributed by atoms with E-state index in [1.165, 1.54) is 38.1 Å². The molecule has 0 bridgehead atoms. The second-order valence-corrected chi connectivity index (χ2v) is 5.04. The number of nitrogens with zero attached hydrogens (tertiary/aromatic N) is 3. The molecule has 1 fully saturated rings. The Hall–Kier alpha value is -2.24. The minimum atomic E-state index is -0.155. The van der Waals surface area contributed by atoms with E-state index in [-0.39, 0.29) is 5.56 Å². The molecule has 0 aromatic carbocycles. The minimum Gasteiger partial charge on any atom is -0.349 e. The molecule has 0 saturated heterocycles. The number of aromatic amines is 1. The van der Waals surface area contributed by atoms with Crippen molar-refractivity contribution < 1.29 is 0 Å². The maximum Gasteiger partial charge on any atom is 0.250 e. The van der Waals surface area contributed by atoms with Crippen LogP contribution >= 0.6 is 0 Å². The van der Waals surface area contributed by atoms with E-state index < -0.39 is 0 Å². The molecule has 0 radical (unpaired) electrons. The maximum atomic E-state index is 11.2. The Bertz CT molecular complexity index is 633. The van der Waals surface area contributed by atoms with Crippen LogP contribution in [-0.4, -0.2) is 19.9 Å². The third-order valence-electron chi connectivity index (χ3n) is 3.61. The van der Waals surface area contributed by atoms with Crippen LogP contribution in [0, 0.1) is 0 Å². The molecular formula is C14H17N5O. The van der Waals surface area contributed by atoms with Gasteiger partial charge in [0, 0.05) is 23.9 Å². The molecule has 0 aliphatic heterocycles. The van der Waals surface area contributed by atoms with Crippen molar-refractivity contribution in [1.29, 1.82) is 0 Å². The van der Waals surface area contributed by atoms with Gasteiger partial charge in [-0.05, 0) is 18.9 Å². The van der Waals surface area contributed by atoms with E-state index in [0.29, 0.717) is 24.1 Å². The summed E-state index contributed by atoms with van der Waals surface area (Å²) in [5.74, 6) is 1.16. The first kappa shape index (κ1) is 12.8. The lowest BCUT2D eigenvalue weighted by Gasteiger charge is -2.10. The van der Waals surface area contributed by atoms with Crippen molar-refractivity contribution in [2.75, 3.05) is 5.32 Å². The zero-order chi connectivity index (χ0) is 13.8. The average Bonchev–Trinajstić information content (AvgIpc) is 3.00. The highest BCUT2D eigenvalue weighted by Crippen LogP contribution is 2.32. The molecule has 0 unspecified atom stereocenters. The summed E-state index contributed by atoms with van der Waals surface area (Å²) in [7, 11) is 0. The number of nitrogens with one attached hydrogen (secondary N) is 2. The molecule has 1 aliphatic carbocycles. The van der Waals surface area contributed by atoms with E-state index in [9.17, 15) is 4.79 Å².